The van der Waals surface area contributed by atoms with Gasteiger partial charge in [-0.25, -0.2) is 8.78 Å². The van der Waals surface area contributed by atoms with Gasteiger partial charge >= 0.3 is 0 Å². The van der Waals surface area contributed by atoms with E-state index in [0.29, 0.717) is 11.5 Å². The van der Waals surface area contributed by atoms with Gasteiger partial charge in [0, 0.05) is 18.1 Å². The number of carbonyl (C=O) groups excluding carboxylic acids is 1. The van der Waals surface area contributed by atoms with E-state index in [1.165, 1.54) is 37.0 Å². The molecule has 0 atom stereocenters. The monoisotopic (exact) mass is 286 g/mol. The fourth-order valence-corrected chi connectivity index (χ4v) is 2.65. The largest absolute Gasteiger partial charge is 0.294 e. The third kappa shape index (κ3) is 3.02. The zero-order valence-corrected chi connectivity index (χ0v) is 11.6. The van der Waals surface area contributed by atoms with E-state index in [1.807, 2.05) is 18.2 Å². The van der Waals surface area contributed by atoms with Crippen molar-refractivity contribution < 1.29 is 13.6 Å². The molecule has 21 heavy (non-hydrogen) atoms. The number of rotatable bonds is 4. The molecule has 0 spiro atoms. The molecule has 0 heterocycles. The van der Waals surface area contributed by atoms with Crippen molar-refractivity contribution >= 4 is 5.78 Å². The standard InChI is InChI=1S/C18H16F2O/c19-16-8-7-14(17(20)11-16)10-18(21)15-6-2-5-13(9-15)12-3-1-4-12/h2,5-9,11-12H,1,3-4,10H2. The van der Waals surface area contributed by atoms with Gasteiger partial charge in [0.05, 0.1) is 0 Å². The molecule has 0 aliphatic heterocycles. The molecule has 108 valence electrons. The number of carbonyl (C=O) groups is 1. The van der Waals surface area contributed by atoms with E-state index in [-0.39, 0.29) is 17.8 Å². The Hall–Kier alpha value is -2.03. The van der Waals surface area contributed by atoms with Crippen LogP contribution < -0.4 is 0 Å². The molecule has 0 amide bonds. The summed E-state index contributed by atoms with van der Waals surface area (Å²) >= 11 is 0. The molecule has 0 aromatic heterocycles. The van der Waals surface area contributed by atoms with Crippen molar-refractivity contribution in [1.82, 2.24) is 0 Å². The molecule has 3 heteroatoms. The van der Waals surface area contributed by atoms with Crippen LogP contribution in [0.1, 0.15) is 46.7 Å². The van der Waals surface area contributed by atoms with Crippen LogP contribution in [0.15, 0.2) is 42.5 Å². The molecule has 1 fully saturated rings. The van der Waals surface area contributed by atoms with Gasteiger partial charge < -0.3 is 0 Å². The minimum Gasteiger partial charge on any atom is -0.294 e. The SMILES string of the molecule is O=C(Cc1ccc(F)cc1F)c1cccc(C2CCC2)c1. The first-order valence-electron chi connectivity index (χ1n) is 7.20. The molecule has 0 N–H and O–H groups in total. The van der Waals surface area contributed by atoms with Crippen molar-refractivity contribution in [1.29, 1.82) is 0 Å². The Balaban J connectivity index is 1.78. The molecule has 2 aromatic rings. The van der Waals surface area contributed by atoms with Gasteiger partial charge in [-0.05, 0) is 42.0 Å². The van der Waals surface area contributed by atoms with E-state index in [1.54, 1.807) is 6.07 Å². The second-order valence-electron chi connectivity index (χ2n) is 5.59. The van der Waals surface area contributed by atoms with Crippen molar-refractivity contribution in [3.05, 3.63) is 70.8 Å². The van der Waals surface area contributed by atoms with E-state index in [2.05, 4.69) is 0 Å². The summed E-state index contributed by atoms with van der Waals surface area (Å²) in [6, 6.07) is 10.9. The maximum absolute atomic E-state index is 13.6. The highest BCUT2D eigenvalue weighted by atomic mass is 19.1. The Kier molecular flexibility index (Phi) is 3.82. The molecule has 1 saturated carbocycles. The predicted molar refractivity (Wildman–Crippen MR) is 77.4 cm³/mol. The van der Waals surface area contributed by atoms with Crippen molar-refractivity contribution in [3.8, 4) is 0 Å². The van der Waals surface area contributed by atoms with E-state index < -0.39 is 11.6 Å². The molecule has 1 aliphatic rings. The van der Waals surface area contributed by atoms with Crippen LogP contribution in [0, 0.1) is 11.6 Å². The van der Waals surface area contributed by atoms with E-state index in [9.17, 15) is 13.6 Å². The second kappa shape index (κ2) is 5.76. The molecule has 2 aromatic carbocycles. The highest BCUT2D eigenvalue weighted by Crippen LogP contribution is 2.36. The average Bonchev–Trinajstić information content (AvgIpc) is 2.40. The normalized spacial score (nSPS) is 14.8. The summed E-state index contributed by atoms with van der Waals surface area (Å²) in [5, 5.41) is 0. The molecular formula is C18H16F2O. The smallest absolute Gasteiger partial charge is 0.167 e. The fraction of sp³-hybridized carbons (Fsp3) is 0.278. The topological polar surface area (TPSA) is 17.1 Å². The zero-order valence-electron chi connectivity index (χ0n) is 11.6. The van der Waals surface area contributed by atoms with Gasteiger partial charge in [0.25, 0.3) is 0 Å². The van der Waals surface area contributed by atoms with Gasteiger partial charge in [-0.2, -0.15) is 0 Å². The lowest BCUT2D eigenvalue weighted by atomic mass is 9.79. The van der Waals surface area contributed by atoms with E-state index in [0.717, 1.165) is 6.07 Å². The fourth-order valence-electron chi connectivity index (χ4n) is 2.65. The van der Waals surface area contributed by atoms with Crippen LogP contribution in [0.25, 0.3) is 0 Å². The Bertz CT molecular complexity index is 675. The van der Waals surface area contributed by atoms with Crippen LogP contribution in [-0.4, -0.2) is 5.78 Å². The third-order valence-corrected chi connectivity index (χ3v) is 4.15. The van der Waals surface area contributed by atoms with Gasteiger partial charge in [-0.1, -0.05) is 30.7 Å². The maximum atomic E-state index is 13.6. The molecule has 0 bridgehead atoms. The summed E-state index contributed by atoms with van der Waals surface area (Å²) in [7, 11) is 0. The molecular weight excluding hydrogens is 270 g/mol. The number of ketones is 1. The quantitative estimate of drug-likeness (QED) is 0.747. The van der Waals surface area contributed by atoms with Crippen molar-refractivity contribution in [3.63, 3.8) is 0 Å². The van der Waals surface area contributed by atoms with Gasteiger partial charge in [-0.15, -0.1) is 0 Å². The van der Waals surface area contributed by atoms with Crippen LogP contribution in [0.4, 0.5) is 8.78 Å². The van der Waals surface area contributed by atoms with Crippen molar-refractivity contribution in [2.24, 2.45) is 0 Å². The Morgan fingerprint density at radius 1 is 1.10 bits per heavy atom. The number of benzene rings is 2. The first-order chi connectivity index (χ1) is 10.1. The summed E-state index contributed by atoms with van der Waals surface area (Å²) in [5.74, 6) is -0.879. The number of hydrogen-bond donors (Lipinski definition) is 0. The Morgan fingerprint density at radius 3 is 2.57 bits per heavy atom. The Morgan fingerprint density at radius 2 is 1.90 bits per heavy atom. The van der Waals surface area contributed by atoms with Crippen LogP contribution >= 0.6 is 0 Å². The molecule has 1 nitrogen and oxygen atoms in total. The molecule has 1 aliphatic carbocycles. The first kappa shape index (κ1) is 13.9. The maximum Gasteiger partial charge on any atom is 0.167 e. The van der Waals surface area contributed by atoms with Crippen LogP contribution in [0.3, 0.4) is 0 Å². The number of hydrogen-bond acceptors (Lipinski definition) is 1. The molecule has 0 saturated heterocycles. The van der Waals surface area contributed by atoms with Gasteiger partial charge in [0.15, 0.2) is 5.78 Å². The number of Topliss-reactive ketones (excluding diaryl/α,β-unsaturated/α-hetero) is 1. The second-order valence-corrected chi connectivity index (χ2v) is 5.59. The van der Waals surface area contributed by atoms with Gasteiger partial charge in [-0.3, -0.25) is 4.79 Å². The molecule has 3 rings (SSSR count). The summed E-state index contributed by atoms with van der Waals surface area (Å²) < 4.78 is 26.5. The summed E-state index contributed by atoms with van der Waals surface area (Å²) in [4.78, 5) is 12.3. The highest BCUT2D eigenvalue weighted by molar-refractivity contribution is 5.97. The van der Waals surface area contributed by atoms with Crippen molar-refractivity contribution in [2.75, 3.05) is 0 Å². The zero-order chi connectivity index (χ0) is 14.8. The predicted octanol–water partition coefficient (Wildman–Crippen LogP) is 4.66. The third-order valence-electron chi connectivity index (χ3n) is 4.15. The summed E-state index contributed by atoms with van der Waals surface area (Å²) in [5.41, 5.74) is 2.02. The van der Waals surface area contributed by atoms with Crippen LogP contribution in [0.5, 0.6) is 0 Å². The van der Waals surface area contributed by atoms with Gasteiger partial charge in [0.1, 0.15) is 11.6 Å². The lowest BCUT2D eigenvalue weighted by Crippen LogP contribution is -2.11. The Labute approximate surface area is 122 Å². The van der Waals surface area contributed by atoms with Gasteiger partial charge in [0.2, 0.25) is 0 Å². The van der Waals surface area contributed by atoms with E-state index >= 15 is 0 Å². The minimum absolute atomic E-state index is 0.0414. The molecule has 0 radical (unpaired) electrons. The lowest BCUT2D eigenvalue weighted by Gasteiger charge is -2.26. The lowest BCUT2D eigenvalue weighted by molar-refractivity contribution is 0.0991. The van der Waals surface area contributed by atoms with Crippen LogP contribution in [0.2, 0.25) is 0 Å². The highest BCUT2D eigenvalue weighted by Gasteiger charge is 2.20. The first-order valence-corrected chi connectivity index (χ1v) is 7.20. The molecule has 0 unspecified atom stereocenters. The minimum atomic E-state index is -0.668. The average molecular weight is 286 g/mol. The summed E-state index contributed by atoms with van der Waals surface area (Å²) in [6.07, 6.45) is 3.54. The van der Waals surface area contributed by atoms with E-state index in [4.69, 9.17) is 0 Å². The van der Waals surface area contributed by atoms with Crippen molar-refractivity contribution in [2.45, 2.75) is 31.6 Å². The number of halogens is 2. The summed E-state index contributed by atoms with van der Waals surface area (Å²) in [6.45, 7) is 0. The van der Waals surface area contributed by atoms with Crippen LogP contribution in [-0.2, 0) is 6.42 Å².